The Morgan fingerprint density at radius 2 is 1.92 bits per heavy atom. The van der Waals surface area contributed by atoms with Crippen molar-refractivity contribution in [3.63, 3.8) is 0 Å². The number of hydrogen-bond donors (Lipinski definition) is 0. The number of rotatable bonds is 5. The molecule has 1 saturated heterocycles. The minimum atomic E-state index is -0.0827. The molecule has 1 aliphatic heterocycles. The van der Waals surface area contributed by atoms with Gasteiger partial charge in [-0.1, -0.05) is 71.0 Å². The van der Waals surface area contributed by atoms with Gasteiger partial charge in [0.1, 0.15) is 0 Å². The lowest BCUT2D eigenvalue weighted by atomic mass is 10.1. The summed E-state index contributed by atoms with van der Waals surface area (Å²) in [6.07, 6.45) is 2.49. The summed E-state index contributed by atoms with van der Waals surface area (Å²) in [4.78, 5) is 14.5. The Labute approximate surface area is 166 Å². The number of carbonyl (C=O) groups is 1. The zero-order valence-electron chi connectivity index (χ0n) is 14.7. The molecule has 26 heavy (non-hydrogen) atoms. The number of hydrogen-bond acceptors (Lipinski definition) is 4. The third kappa shape index (κ3) is 4.43. The predicted molar refractivity (Wildman–Crippen MR) is 113 cm³/mol. The molecule has 4 nitrogen and oxygen atoms in total. The number of benzene rings is 2. The van der Waals surface area contributed by atoms with Crippen LogP contribution in [0.5, 0.6) is 0 Å². The first-order valence-electron chi connectivity index (χ1n) is 8.47. The molecule has 1 atom stereocenters. The van der Waals surface area contributed by atoms with Gasteiger partial charge in [-0.15, -0.1) is 5.10 Å². The van der Waals surface area contributed by atoms with Crippen LogP contribution in [0.25, 0.3) is 0 Å². The highest BCUT2D eigenvalue weighted by Gasteiger charge is 2.37. The predicted octanol–water partition coefficient (Wildman–Crippen LogP) is 5.00. The zero-order chi connectivity index (χ0) is 18.5. The average Bonchev–Trinajstić information content (AvgIpc) is 2.94. The second-order valence-electron chi connectivity index (χ2n) is 6.04. The third-order valence-electron chi connectivity index (χ3n) is 4.20. The minimum Gasteiger partial charge on any atom is -0.284 e. The summed E-state index contributed by atoms with van der Waals surface area (Å²) >= 11 is 4.91. The Morgan fingerprint density at radius 3 is 2.62 bits per heavy atom. The summed E-state index contributed by atoms with van der Waals surface area (Å²) in [7, 11) is 0. The zero-order valence-corrected chi connectivity index (χ0v) is 17.1. The lowest BCUT2D eigenvalue weighted by Crippen LogP contribution is -2.31. The first-order valence-corrected chi connectivity index (χ1v) is 10.1. The van der Waals surface area contributed by atoms with Gasteiger partial charge in [0.2, 0.25) is 5.91 Å². The summed E-state index contributed by atoms with van der Waals surface area (Å²) in [5.41, 5.74) is 3.26. The molecule has 1 heterocycles. The van der Waals surface area contributed by atoms with Crippen molar-refractivity contribution < 1.29 is 4.79 Å². The SMILES string of the molecule is CC[C@H]1S/C(=N/N=C\c2ccc(Br)cc2)N(Cc2ccccc2C)C1=O. The Bertz CT molecular complexity index is 848. The molecular formula is C20H20BrN3OS. The van der Waals surface area contributed by atoms with Crippen molar-refractivity contribution in [3.05, 3.63) is 69.7 Å². The van der Waals surface area contributed by atoms with Crippen molar-refractivity contribution >= 4 is 45.0 Å². The number of amides is 1. The number of halogens is 1. The van der Waals surface area contributed by atoms with Crippen molar-refractivity contribution in [3.8, 4) is 0 Å². The molecule has 0 radical (unpaired) electrons. The summed E-state index contributed by atoms with van der Waals surface area (Å²) in [5.74, 6) is 0.110. The van der Waals surface area contributed by atoms with E-state index in [1.807, 2.05) is 43.3 Å². The second-order valence-corrected chi connectivity index (χ2v) is 8.13. The van der Waals surface area contributed by atoms with Crippen LogP contribution in [-0.2, 0) is 11.3 Å². The molecule has 1 amide bonds. The van der Waals surface area contributed by atoms with E-state index in [0.717, 1.165) is 22.0 Å². The van der Waals surface area contributed by atoms with Crippen molar-refractivity contribution in [1.82, 2.24) is 4.90 Å². The maximum Gasteiger partial charge on any atom is 0.242 e. The van der Waals surface area contributed by atoms with E-state index < -0.39 is 0 Å². The van der Waals surface area contributed by atoms with Crippen LogP contribution >= 0.6 is 27.7 Å². The number of carbonyl (C=O) groups excluding carboxylic acids is 1. The quantitative estimate of drug-likeness (QED) is 0.495. The van der Waals surface area contributed by atoms with Crippen molar-refractivity contribution in [2.24, 2.45) is 10.2 Å². The molecule has 0 spiro atoms. The van der Waals surface area contributed by atoms with Gasteiger partial charge in [-0.25, -0.2) is 0 Å². The number of aryl methyl sites for hydroxylation is 1. The van der Waals surface area contributed by atoms with Gasteiger partial charge in [-0.05, 0) is 42.2 Å². The van der Waals surface area contributed by atoms with Gasteiger partial charge in [0.25, 0.3) is 0 Å². The monoisotopic (exact) mass is 429 g/mol. The standard InChI is InChI=1S/C20H20BrN3OS/c1-3-18-19(25)24(13-16-7-5-4-6-14(16)2)20(26-18)23-22-12-15-8-10-17(21)11-9-15/h4-12,18H,3,13H2,1-2H3/b22-12-,23-20+/t18-/m1/s1. The van der Waals surface area contributed by atoms with E-state index in [2.05, 4.69) is 45.2 Å². The van der Waals surface area contributed by atoms with Crippen LogP contribution in [-0.4, -0.2) is 27.4 Å². The Balaban J connectivity index is 1.81. The van der Waals surface area contributed by atoms with Crippen LogP contribution in [0.3, 0.4) is 0 Å². The summed E-state index contributed by atoms with van der Waals surface area (Å²) in [5, 5.41) is 9.13. The van der Waals surface area contributed by atoms with E-state index in [4.69, 9.17) is 0 Å². The fourth-order valence-corrected chi connectivity index (χ4v) is 3.93. The van der Waals surface area contributed by atoms with E-state index in [1.54, 1.807) is 11.1 Å². The molecule has 6 heteroatoms. The van der Waals surface area contributed by atoms with E-state index >= 15 is 0 Å². The van der Waals surface area contributed by atoms with E-state index in [9.17, 15) is 4.79 Å². The summed E-state index contributed by atoms with van der Waals surface area (Å²) in [6.45, 7) is 4.61. The molecule has 0 saturated carbocycles. The van der Waals surface area contributed by atoms with Crippen LogP contribution < -0.4 is 0 Å². The highest BCUT2D eigenvalue weighted by Crippen LogP contribution is 2.31. The van der Waals surface area contributed by atoms with Crippen molar-refractivity contribution in [2.45, 2.75) is 32.1 Å². The van der Waals surface area contributed by atoms with Gasteiger partial charge in [0, 0.05) is 4.47 Å². The maximum absolute atomic E-state index is 12.7. The fourth-order valence-electron chi connectivity index (χ4n) is 2.64. The molecule has 0 aliphatic carbocycles. The first-order chi connectivity index (χ1) is 12.6. The Hall–Kier alpha value is -1.92. The van der Waals surface area contributed by atoms with E-state index in [1.165, 1.54) is 17.3 Å². The number of amidine groups is 1. The molecule has 2 aromatic rings. The highest BCUT2D eigenvalue weighted by molar-refractivity contribution is 9.10. The molecule has 3 rings (SSSR count). The van der Waals surface area contributed by atoms with Crippen LogP contribution in [0.15, 0.2) is 63.2 Å². The molecular weight excluding hydrogens is 410 g/mol. The first kappa shape index (κ1) is 18.9. The van der Waals surface area contributed by atoms with Crippen molar-refractivity contribution in [2.75, 3.05) is 0 Å². The average molecular weight is 430 g/mol. The normalized spacial score (nSPS) is 19.0. The Kier molecular flexibility index (Phi) is 6.27. The summed E-state index contributed by atoms with van der Waals surface area (Å²) < 4.78 is 1.02. The smallest absolute Gasteiger partial charge is 0.242 e. The highest BCUT2D eigenvalue weighted by atomic mass is 79.9. The topological polar surface area (TPSA) is 45.0 Å². The van der Waals surface area contributed by atoms with Crippen LogP contribution in [0.2, 0.25) is 0 Å². The number of thioether (sulfide) groups is 1. The van der Waals surface area contributed by atoms with Gasteiger partial charge in [0.15, 0.2) is 5.17 Å². The van der Waals surface area contributed by atoms with Crippen LogP contribution in [0.4, 0.5) is 0 Å². The van der Waals surface area contributed by atoms with Gasteiger partial charge in [0.05, 0.1) is 18.0 Å². The van der Waals surface area contributed by atoms with Gasteiger partial charge in [-0.3, -0.25) is 9.69 Å². The molecule has 1 aliphatic rings. The van der Waals surface area contributed by atoms with Crippen molar-refractivity contribution in [1.29, 1.82) is 0 Å². The Morgan fingerprint density at radius 1 is 1.19 bits per heavy atom. The molecule has 134 valence electrons. The third-order valence-corrected chi connectivity index (χ3v) is 6.06. The molecule has 0 N–H and O–H groups in total. The van der Waals surface area contributed by atoms with Crippen LogP contribution in [0.1, 0.15) is 30.0 Å². The number of nitrogens with zero attached hydrogens (tertiary/aromatic N) is 3. The van der Waals surface area contributed by atoms with E-state index in [-0.39, 0.29) is 11.2 Å². The largest absolute Gasteiger partial charge is 0.284 e. The molecule has 0 aromatic heterocycles. The second kappa shape index (κ2) is 8.64. The lowest BCUT2D eigenvalue weighted by Gasteiger charge is -2.17. The van der Waals surface area contributed by atoms with Gasteiger partial charge in [-0.2, -0.15) is 5.10 Å². The molecule has 2 aromatic carbocycles. The molecule has 0 bridgehead atoms. The maximum atomic E-state index is 12.7. The minimum absolute atomic E-state index is 0.0827. The summed E-state index contributed by atoms with van der Waals surface area (Å²) in [6, 6.07) is 15.9. The lowest BCUT2D eigenvalue weighted by molar-refractivity contribution is -0.126. The van der Waals surface area contributed by atoms with Crippen LogP contribution in [0, 0.1) is 6.92 Å². The molecule has 0 unspecified atom stereocenters. The fraction of sp³-hybridized carbons (Fsp3) is 0.250. The van der Waals surface area contributed by atoms with E-state index in [0.29, 0.717) is 11.7 Å². The van der Waals surface area contributed by atoms with Gasteiger partial charge >= 0.3 is 0 Å². The van der Waals surface area contributed by atoms with Gasteiger partial charge < -0.3 is 0 Å². The molecule has 1 fully saturated rings.